The number of hydrogen-bond donors (Lipinski definition) is 0. The van der Waals surface area contributed by atoms with Gasteiger partial charge in [0.1, 0.15) is 0 Å². The second kappa shape index (κ2) is 4.94. The molecule has 3 heteroatoms. The van der Waals surface area contributed by atoms with Crippen LogP contribution < -0.4 is 0 Å². The van der Waals surface area contributed by atoms with Crippen molar-refractivity contribution in [3.8, 4) is 0 Å². The molecule has 0 aliphatic heterocycles. The molecule has 0 spiro atoms. The average molecular weight is 187 g/mol. The lowest BCUT2D eigenvalue weighted by molar-refractivity contribution is -0.210. The van der Waals surface area contributed by atoms with Crippen molar-refractivity contribution in [2.24, 2.45) is 0 Å². The van der Waals surface area contributed by atoms with Gasteiger partial charge in [-0.1, -0.05) is 13.8 Å². The van der Waals surface area contributed by atoms with Gasteiger partial charge < -0.3 is 0 Å². The van der Waals surface area contributed by atoms with E-state index in [4.69, 9.17) is 0 Å². The number of nitrogens with zero attached hydrogens (tertiary/aromatic N) is 3. The van der Waals surface area contributed by atoms with Crippen molar-refractivity contribution in [1.82, 2.24) is 15.1 Å². The molecule has 0 aliphatic rings. The average Bonchev–Trinajstić information content (AvgIpc) is 2.01. The van der Waals surface area contributed by atoms with Crippen LogP contribution in [0.15, 0.2) is 0 Å². The van der Waals surface area contributed by atoms with E-state index in [0.29, 0.717) is 0 Å². The lowest BCUT2D eigenvalue weighted by Gasteiger charge is -2.46. The Hall–Kier alpha value is -0.120. The zero-order chi connectivity index (χ0) is 10.6. The first kappa shape index (κ1) is 12.9. The van der Waals surface area contributed by atoms with Gasteiger partial charge in [-0.05, 0) is 20.8 Å². The first-order valence-corrected chi connectivity index (χ1v) is 5.06. The summed E-state index contributed by atoms with van der Waals surface area (Å²) in [7, 11) is 4.24. The third kappa shape index (κ3) is 3.63. The van der Waals surface area contributed by atoms with E-state index < -0.39 is 0 Å². The molecule has 80 valence electrons. The molecule has 0 aromatic carbocycles. The summed E-state index contributed by atoms with van der Waals surface area (Å²) >= 11 is 0. The Morgan fingerprint density at radius 1 is 0.846 bits per heavy atom. The number of rotatable bonds is 4. The molecule has 0 aromatic rings. The molecule has 0 amide bonds. The Kier molecular flexibility index (Phi) is 4.89. The molecule has 13 heavy (non-hydrogen) atoms. The van der Waals surface area contributed by atoms with E-state index in [1.165, 1.54) is 0 Å². The first-order chi connectivity index (χ1) is 5.84. The van der Waals surface area contributed by atoms with Gasteiger partial charge in [-0.15, -0.1) is 0 Å². The highest BCUT2D eigenvalue weighted by atomic mass is 15.9. The second-order valence-electron chi connectivity index (χ2n) is 4.41. The molecular weight excluding hydrogens is 162 g/mol. The number of hydrazine groups is 2. The molecule has 3 nitrogen and oxygen atoms in total. The Labute approximate surface area is 83.2 Å². The Balaban J connectivity index is 4.55. The summed E-state index contributed by atoms with van der Waals surface area (Å²) in [4.78, 5) is 0. The van der Waals surface area contributed by atoms with Gasteiger partial charge in [0.05, 0.1) is 0 Å². The van der Waals surface area contributed by atoms with Crippen molar-refractivity contribution in [1.29, 1.82) is 0 Å². The molecule has 0 N–H and O–H groups in total. The van der Waals surface area contributed by atoms with E-state index in [1.807, 2.05) is 0 Å². The maximum atomic E-state index is 2.30. The highest BCUT2D eigenvalue weighted by molar-refractivity contribution is 4.70. The third-order valence-corrected chi connectivity index (χ3v) is 2.16. The smallest absolute Gasteiger partial charge is 0.0430 e. The van der Waals surface area contributed by atoms with E-state index in [-0.39, 0.29) is 5.54 Å². The van der Waals surface area contributed by atoms with E-state index in [1.54, 1.807) is 0 Å². The Morgan fingerprint density at radius 2 is 1.15 bits per heavy atom. The molecule has 0 aromatic heterocycles. The van der Waals surface area contributed by atoms with Crippen LogP contribution >= 0.6 is 0 Å². The normalized spacial score (nSPS) is 13.4. The summed E-state index contributed by atoms with van der Waals surface area (Å²) < 4.78 is 0. The van der Waals surface area contributed by atoms with Gasteiger partial charge in [-0.2, -0.15) is 5.12 Å². The lowest BCUT2D eigenvalue weighted by atomic mass is 10.1. The van der Waals surface area contributed by atoms with Crippen molar-refractivity contribution >= 4 is 0 Å². The van der Waals surface area contributed by atoms with Gasteiger partial charge in [-0.25, -0.2) is 10.0 Å². The maximum absolute atomic E-state index is 2.30. The van der Waals surface area contributed by atoms with Crippen molar-refractivity contribution in [3.63, 3.8) is 0 Å². The van der Waals surface area contributed by atoms with Crippen LogP contribution in [0.2, 0.25) is 0 Å². The fraction of sp³-hybridized carbons (Fsp3) is 1.00. The monoisotopic (exact) mass is 187 g/mol. The minimum absolute atomic E-state index is 0.148. The molecule has 0 rings (SSSR count). The molecule has 0 fully saturated rings. The van der Waals surface area contributed by atoms with Gasteiger partial charge in [0, 0.05) is 32.7 Å². The molecular formula is C10H25N3. The van der Waals surface area contributed by atoms with Crippen LogP contribution in [0, 0.1) is 0 Å². The summed E-state index contributed by atoms with van der Waals surface area (Å²) in [6.07, 6.45) is 0. The van der Waals surface area contributed by atoms with Gasteiger partial charge in [-0.3, -0.25) is 0 Å². The van der Waals surface area contributed by atoms with Crippen LogP contribution in [-0.4, -0.2) is 47.9 Å². The first-order valence-electron chi connectivity index (χ1n) is 5.06. The topological polar surface area (TPSA) is 9.72 Å². The molecule has 0 aliphatic carbocycles. The minimum Gasteiger partial charge on any atom is -0.231 e. The van der Waals surface area contributed by atoms with Gasteiger partial charge >= 0.3 is 0 Å². The van der Waals surface area contributed by atoms with Crippen LogP contribution in [0.1, 0.15) is 34.6 Å². The zero-order valence-corrected chi connectivity index (χ0v) is 10.3. The van der Waals surface area contributed by atoms with E-state index in [2.05, 4.69) is 63.8 Å². The molecule has 0 unspecified atom stereocenters. The van der Waals surface area contributed by atoms with Crippen LogP contribution in [0.4, 0.5) is 0 Å². The van der Waals surface area contributed by atoms with Crippen molar-refractivity contribution in [2.75, 3.05) is 27.2 Å². The Bertz CT molecular complexity index is 130. The van der Waals surface area contributed by atoms with Gasteiger partial charge in [0.15, 0.2) is 0 Å². The molecule has 0 heterocycles. The third-order valence-electron chi connectivity index (χ3n) is 2.16. The summed E-state index contributed by atoms with van der Waals surface area (Å²) in [6.45, 7) is 13.1. The molecule has 0 bridgehead atoms. The van der Waals surface area contributed by atoms with Crippen molar-refractivity contribution < 1.29 is 0 Å². The minimum atomic E-state index is 0.148. The SMILES string of the molecule is CCN(C)N(N(C)CC)C(C)(C)C. The predicted molar refractivity (Wildman–Crippen MR) is 58.2 cm³/mol. The van der Waals surface area contributed by atoms with Crippen LogP contribution in [-0.2, 0) is 0 Å². The fourth-order valence-corrected chi connectivity index (χ4v) is 1.55. The maximum Gasteiger partial charge on any atom is 0.0430 e. The van der Waals surface area contributed by atoms with Gasteiger partial charge in [0.2, 0.25) is 0 Å². The number of hydrogen-bond acceptors (Lipinski definition) is 3. The highest BCUT2D eigenvalue weighted by Crippen LogP contribution is 2.16. The molecule has 0 radical (unpaired) electrons. The summed E-state index contributed by atoms with van der Waals surface area (Å²) in [6, 6.07) is 0. The van der Waals surface area contributed by atoms with E-state index in [0.717, 1.165) is 13.1 Å². The van der Waals surface area contributed by atoms with E-state index >= 15 is 0 Å². The summed E-state index contributed by atoms with van der Waals surface area (Å²) in [5, 5.41) is 6.78. The standard InChI is InChI=1S/C10H25N3/c1-8-11(6)13(10(3,4)5)12(7)9-2/h8-9H2,1-7H3. The fourth-order valence-electron chi connectivity index (χ4n) is 1.55. The van der Waals surface area contributed by atoms with Crippen LogP contribution in [0.5, 0.6) is 0 Å². The highest BCUT2D eigenvalue weighted by Gasteiger charge is 2.27. The molecule has 0 saturated carbocycles. The van der Waals surface area contributed by atoms with E-state index in [9.17, 15) is 0 Å². The molecule has 0 atom stereocenters. The Morgan fingerprint density at radius 3 is 1.31 bits per heavy atom. The predicted octanol–water partition coefficient (Wildman–Crippen LogP) is 1.82. The van der Waals surface area contributed by atoms with Crippen LogP contribution in [0.25, 0.3) is 0 Å². The summed E-state index contributed by atoms with van der Waals surface area (Å²) in [5.74, 6) is 0. The lowest BCUT2D eigenvalue weighted by Crippen LogP contribution is -2.58. The largest absolute Gasteiger partial charge is 0.231 e. The summed E-state index contributed by atoms with van der Waals surface area (Å²) in [5.41, 5.74) is 0.148. The molecule has 0 saturated heterocycles. The second-order valence-corrected chi connectivity index (χ2v) is 4.41. The van der Waals surface area contributed by atoms with Crippen molar-refractivity contribution in [3.05, 3.63) is 0 Å². The van der Waals surface area contributed by atoms with Crippen LogP contribution in [0.3, 0.4) is 0 Å². The van der Waals surface area contributed by atoms with Gasteiger partial charge in [0.25, 0.3) is 0 Å². The van der Waals surface area contributed by atoms with Crippen molar-refractivity contribution in [2.45, 2.75) is 40.2 Å². The zero-order valence-electron chi connectivity index (χ0n) is 10.3. The quantitative estimate of drug-likeness (QED) is 0.622.